The molecule has 0 radical (unpaired) electrons. The fourth-order valence-corrected chi connectivity index (χ4v) is 3.52. The van der Waals surface area contributed by atoms with Crippen molar-refractivity contribution in [2.24, 2.45) is 10.9 Å². The van der Waals surface area contributed by atoms with Gasteiger partial charge in [-0.1, -0.05) is 38.5 Å². The molecule has 1 aliphatic carbocycles. The molecule has 1 saturated carbocycles. The van der Waals surface area contributed by atoms with E-state index in [-0.39, 0.29) is 5.75 Å². The third kappa shape index (κ3) is 6.00. The maximum absolute atomic E-state index is 9.98. The number of aliphatic imine (C=N–C) groups is 1. The molecule has 146 valence electrons. The standard InChI is InChI=1S/C20H33N3O3/c1-21-20(22-11-7-6-10-15-8-4-5-9-15)23-14-16-12-17(25-2)19(24)18(13-16)26-3/h12-13,15,24H,4-11,14H2,1-3H3,(H2,21,22,23). The zero-order valence-electron chi connectivity index (χ0n) is 16.3. The van der Waals surface area contributed by atoms with Gasteiger partial charge in [0.1, 0.15) is 0 Å². The molecule has 0 bridgehead atoms. The molecule has 1 fully saturated rings. The van der Waals surface area contributed by atoms with Crippen molar-refractivity contribution in [3.8, 4) is 17.2 Å². The molecular weight excluding hydrogens is 330 g/mol. The van der Waals surface area contributed by atoms with Crippen molar-refractivity contribution < 1.29 is 14.6 Å². The summed E-state index contributed by atoms with van der Waals surface area (Å²) in [5.74, 6) is 2.55. The highest BCUT2D eigenvalue weighted by Gasteiger charge is 2.14. The number of ether oxygens (including phenoxy) is 2. The summed E-state index contributed by atoms with van der Waals surface area (Å²) >= 11 is 0. The van der Waals surface area contributed by atoms with Gasteiger partial charge in [-0.25, -0.2) is 0 Å². The molecule has 3 N–H and O–H groups in total. The molecule has 1 aromatic carbocycles. The van der Waals surface area contributed by atoms with Crippen molar-refractivity contribution in [3.05, 3.63) is 17.7 Å². The Labute approximate surface area is 157 Å². The van der Waals surface area contributed by atoms with Crippen LogP contribution < -0.4 is 20.1 Å². The predicted molar refractivity (Wildman–Crippen MR) is 105 cm³/mol. The SMILES string of the molecule is CN=C(NCCCCC1CCCC1)NCc1cc(OC)c(O)c(OC)c1. The molecule has 0 amide bonds. The molecule has 2 rings (SSSR count). The number of aromatic hydroxyl groups is 1. The van der Waals surface area contributed by atoms with Gasteiger partial charge in [0.15, 0.2) is 17.5 Å². The van der Waals surface area contributed by atoms with Crippen LogP contribution in [0.4, 0.5) is 0 Å². The van der Waals surface area contributed by atoms with E-state index in [2.05, 4.69) is 15.6 Å². The van der Waals surface area contributed by atoms with E-state index in [1.54, 1.807) is 19.2 Å². The first-order valence-corrected chi connectivity index (χ1v) is 9.56. The molecule has 6 nitrogen and oxygen atoms in total. The second-order valence-electron chi connectivity index (χ2n) is 6.85. The normalized spacial score (nSPS) is 15.1. The number of rotatable bonds is 9. The number of guanidine groups is 1. The van der Waals surface area contributed by atoms with Crippen molar-refractivity contribution in [1.29, 1.82) is 0 Å². The lowest BCUT2D eigenvalue weighted by Gasteiger charge is -2.14. The quantitative estimate of drug-likeness (QED) is 0.356. The van der Waals surface area contributed by atoms with Gasteiger partial charge in [0.25, 0.3) is 0 Å². The molecule has 0 aromatic heterocycles. The highest BCUT2D eigenvalue weighted by atomic mass is 16.5. The highest BCUT2D eigenvalue weighted by molar-refractivity contribution is 5.79. The van der Waals surface area contributed by atoms with Crippen LogP contribution in [0.2, 0.25) is 0 Å². The minimum atomic E-state index is 0.0171. The summed E-state index contributed by atoms with van der Waals surface area (Å²) in [5.41, 5.74) is 0.945. The lowest BCUT2D eigenvalue weighted by Crippen LogP contribution is -2.37. The van der Waals surface area contributed by atoms with Gasteiger partial charge in [0.2, 0.25) is 5.75 Å². The van der Waals surface area contributed by atoms with E-state index in [0.717, 1.165) is 30.4 Å². The van der Waals surface area contributed by atoms with Crippen LogP contribution in [0.5, 0.6) is 17.2 Å². The maximum atomic E-state index is 9.98. The van der Waals surface area contributed by atoms with Crippen molar-refractivity contribution >= 4 is 5.96 Å². The van der Waals surface area contributed by atoms with Crippen LogP contribution in [-0.4, -0.2) is 38.9 Å². The molecule has 6 heteroatoms. The Bertz CT molecular complexity index is 559. The van der Waals surface area contributed by atoms with E-state index in [9.17, 15) is 5.11 Å². The highest BCUT2D eigenvalue weighted by Crippen LogP contribution is 2.37. The van der Waals surface area contributed by atoms with E-state index < -0.39 is 0 Å². The average molecular weight is 364 g/mol. The van der Waals surface area contributed by atoms with Crippen LogP contribution in [0.15, 0.2) is 17.1 Å². The number of phenols is 1. The summed E-state index contributed by atoms with van der Waals surface area (Å²) in [6, 6.07) is 3.58. The number of phenolic OH excluding ortho intramolecular Hbond substituents is 1. The molecule has 26 heavy (non-hydrogen) atoms. The zero-order valence-corrected chi connectivity index (χ0v) is 16.3. The largest absolute Gasteiger partial charge is 0.502 e. The maximum Gasteiger partial charge on any atom is 0.200 e. The van der Waals surface area contributed by atoms with Gasteiger partial charge in [-0.15, -0.1) is 0 Å². The first-order chi connectivity index (χ1) is 12.7. The fourth-order valence-electron chi connectivity index (χ4n) is 3.52. The van der Waals surface area contributed by atoms with Gasteiger partial charge in [0, 0.05) is 20.1 Å². The summed E-state index contributed by atoms with van der Waals surface area (Å²) in [6.45, 7) is 1.49. The summed E-state index contributed by atoms with van der Waals surface area (Å²) < 4.78 is 10.4. The molecule has 0 unspecified atom stereocenters. The topological polar surface area (TPSA) is 75.1 Å². The number of hydrogen-bond acceptors (Lipinski definition) is 4. The molecular formula is C20H33N3O3. The second-order valence-corrected chi connectivity index (χ2v) is 6.85. The number of benzene rings is 1. The van der Waals surface area contributed by atoms with Crippen molar-refractivity contribution in [1.82, 2.24) is 10.6 Å². The van der Waals surface area contributed by atoms with Gasteiger partial charge >= 0.3 is 0 Å². The molecule has 1 aliphatic rings. The Balaban J connectivity index is 1.74. The van der Waals surface area contributed by atoms with E-state index in [1.165, 1.54) is 52.7 Å². The van der Waals surface area contributed by atoms with Crippen LogP contribution >= 0.6 is 0 Å². The summed E-state index contributed by atoms with van der Waals surface area (Å²) in [4.78, 5) is 4.26. The van der Waals surface area contributed by atoms with Gasteiger partial charge in [-0.2, -0.15) is 0 Å². The monoisotopic (exact) mass is 363 g/mol. The van der Waals surface area contributed by atoms with Crippen LogP contribution in [0, 0.1) is 5.92 Å². The third-order valence-electron chi connectivity index (χ3n) is 5.03. The molecule has 0 aliphatic heterocycles. The van der Waals surface area contributed by atoms with Crippen LogP contribution in [0.3, 0.4) is 0 Å². The Morgan fingerprint density at radius 2 is 1.77 bits per heavy atom. The first-order valence-electron chi connectivity index (χ1n) is 9.56. The van der Waals surface area contributed by atoms with Gasteiger partial charge in [-0.05, 0) is 30.0 Å². The number of methoxy groups -OCH3 is 2. The van der Waals surface area contributed by atoms with Crippen LogP contribution in [0.25, 0.3) is 0 Å². The molecule has 0 heterocycles. The van der Waals surface area contributed by atoms with Crippen molar-refractivity contribution in [2.45, 2.75) is 51.5 Å². The van der Waals surface area contributed by atoms with Gasteiger partial charge < -0.3 is 25.2 Å². The Morgan fingerprint density at radius 1 is 1.12 bits per heavy atom. The van der Waals surface area contributed by atoms with Crippen molar-refractivity contribution in [3.63, 3.8) is 0 Å². The Hall–Kier alpha value is -2.11. The smallest absolute Gasteiger partial charge is 0.200 e. The fraction of sp³-hybridized carbons (Fsp3) is 0.650. The number of nitrogens with one attached hydrogen (secondary N) is 2. The third-order valence-corrected chi connectivity index (χ3v) is 5.03. The van der Waals surface area contributed by atoms with E-state index in [4.69, 9.17) is 9.47 Å². The Kier molecular flexibility index (Phi) is 8.38. The van der Waals surface area contributed by atoms with Crippen LogP contribution in [-0.2, 0) is 6.54 Å². The predicted octanol–water partition coefficient (Wildman–Crippen LogP) is 3.43. The summed E-state index contributed by atoms with van der Waals surface area (Å²) in [7, 11) is 4.82. The number of unbranched alkanes of at least 4 members (excludes halogenated alkanes) is 1. The summed E-state index contributed by atoms with van der Waals surface area (Å²) in [5, 5.41) is 16.6. The minimum absolute atomic E-state index is 0.0171. The number of nitrogens with zero attached hydrogens (tertiary/aromatic N) is 1. The number of hydrogen-bond donors (Lipinski definition) is 3. The first kappa shape index (κ1) is 20.2. The summed E-state index contributed by atoms with van der Waals surface area (Å²) in [6.07, 6.45) is 9.50. The van der Waals surface area contributed by atoms with Gasteiger partial charge in [-0.3, -0.25) is 4.99 Å². The molecule has 1 aromatic rings. The van der Waals surface area contributed by atoms with Gasteiger partial charge in [0.05, 0.1) is 14.2 Å². The lowest BCUT2D eigenvalue weighted by atomic mass is 10.0. The second kappa shape index (κ2) is 10.8. The molecule has 0 saturated heterocycles. The minimum Gasteiger partial charge on any atom is -0.502 e. The van der Waals surface area contributed by atoms with Crippen LogP contribution in [0.1, 0.15) is 50.5 Å². The van der Waals surface area contributed by atoms with E-state index in [0.29, 0.717) is 18.0 Å². The molecule has 0 atom stereocenters. The zero-order chi connectivity index (χ0) is 18.8. The van der Waals surface area contributed by atoms with Crippen molar-refractivity contribution in [2.75, 3.05) is 27.8 Å². The lowest BCUT2D eigenvalue weighted by molar-refractivity contribution is 0.339. The van der Waals surface area contributed by atoms with E-state index in [1.807, 2.05) is 0 Å². The Morgan fingerprint density at radius 3 is 2.35 bits per heavy atom. The van der Waals surface area contributed by atoms with E-state index >= 15 is 0 Å². The molecule has 0 spiro atoms. The average Bonchev–Trinajstić information content (AvgIpc) is 3.18.